The maximum Gasteiger partial charge on any atom is 0.265 e. The summed E-state index contributed by atoms with van der Waals surface area (Å²) in [5, 5.41) is 2.88. The standard InChI is InChI=1S/C25H35N3O3/c1-2-18-31-19-10-5-3-4-9-17-27-28-25(30)23-15-13-21(14-16-23)20-26-24(29)22-11-7-6-8-12-22/h6-8,11-16,27H,2-5,9-10,17-20H2,1H3,(H,26,29)(H,28,30). The van der Waals surface area contributed by atoms with Crippen molar-refractivity contribution in [1.29, 1.82) is 0 Å². The summed E-state index contributed by atoms with van der Waals surface area (Å²) < 4.78 is 5.47. The van der Waals surface area contributed by atoms with Crippen molar-refractivity contribution >= 4 is 11.8 Å². The lowest BCUT2D eigenvalue weighted by molar-refractivity contribution is 0.0929. The molecule has 0 spiro atoms. The molecule has 6 nitrogen and oxygen atoms in total. The molecule has 2 amide bonds. The first-order chi connectivity index (χ1) is 15.2. The first-order valence-corrected chi connectivity index (χ1v) is 11.2. The lowest BCUT2D eigenvalue weighted by atomic mass is 10.1. The second-order valence-electron chi connectivity index (χ2n) is 7.51. The highest BCUT2D eigenvalue weighted by atomic mass is 16.5. The van der Waals surface area contributed by atoms with Crippen molar-refractivity contribution < 1.29 is 14.3 Å². The van der Waals surface area contributed by atoms with Crippen molar-refractivity contribution in [2.45, 2.75) is 52.0 Å². The number of benzene rings is 2. The Morgan fingerprint density at radius 2 is 1.45 bits per heavy atom. The fourth-order valence-electron chi connectivity index (χ4n) is 3.06. The average molecular weight is 426 g/mol. The highest BCUT2D eigenvalue weighted by Gasteiger charge is 2.06. The number of rotatable bonds is 15. The fourth-order valence-corrected chi connectivity index (χ4v) is 3.06. The molecular weight excluding hydrogens is 390 g/mol. The molecule has 2 rings (SSSR count). The summed E-state index contributed by atoms with van der Waals surface area (Å²) in [6, 6.07) is 16.3. The zero-order valence-corrected chi connectivity index (χ0v) is 18.5. The second-order valence-corrected chi connectivity index (χ2v) is 7.51. The van der Waals surface area contributed by atoms with E-state index in [1.807, 2.05) is 30.3 Å². The van der Waals surface area contributed by atoms with Crippen LogP contribution in [0.3, 0.4) is 0 Å². The quantitative estimate of drug-likeness (QED) is 0.295. The number of carbonyl (C=O) groups excluding carboxylic acids is 2. The van der Waals surface area contributed by atoms with Gasteiger partial charge in [0.2, 0.25) is 0 Å². The van der Waals surface area contributed by atoms with Crippen molar-refractivity contribution in [3.8, 4) is 0 Å². The van der Waals surface area contributed by atoms with E-state index in [2.05, 4.69) is 23.1 Å². The largest absolute Gasteiger partial charge is 0.381 e. The molecule has 6 heteroatoms. The Kier molecular flexibility index (Phi) is 12.0. The molecule has 0 bridgehead atoms. The molecule has 0 aliphatic rings. The third-order valence-corrected chi connectivity index (χ3v) is 4.85. The van der Waals surface area contributed by atoms with E-state index in [-0.39, 0.29) is 11.8 Å². The Morgan fingerprint density at radius 1 is 0.774 bits per heavy atom. The zero-order valence-electron chi connectivity index (χ0n) is 18.5. The first-order valence-electron chi connectivity index (χ1n) is 11.2. The van der Waals surface area contributed by atoms with E-state index in [1.54, 1.807) is 24.3 Å². The number of hydrogen-bond acceptors (Lipinski definition) is 4. The topological polar surface area (TPSA) is 79.5 Å². The number of amides is 2. The molecule has 0 fully saturated rings. The maximum atomic E-state index is 12.2. The Balaban J connectivity index is 1.56. The van der Waals surface area contributed by atoms with E-state index >= 15 is 0 Å². The van der Waals surface area contributed by atoms with Crippen LogP contribution in [0.5, 0.6) is 0 Å². The summed E-state index contributed by atoms with van der Waals surface area (Å²) in [5.41, 5.74) is 7.88. The highest BCUT2D eigenvalue weighted by Crippen LogP contribution is 2.06. The Labute approximate surface area is 185 Å². The summed E-state index contributed by atoms with van der Waals surface area (Å²) >= 11 is 0. The van der Waals surface area contributed by atoms with Gasteiger partial charge in [-0.1, -0.05) is 56.5 Å². The van der Waals surface area contributed by atoms with Crippen molar-refractivity contribution in [1.82, 2.24) is 16.2 Å². The van der Waals surface area contributed by atoms with Gasteiger partial charge in [-0.05, 0) is 49.1 Å². The normalized spacial score (nSPS) is 10.6. The third kappa shape index (κ3) is 10.2. The first kappa shape index (κ1) is 24.6. The van der Waals surface area contributed by atoms with E-state index < -0.39 is 0 Å². The van der Waals surface area contributed by atoms with E-state index in [9.17, 15) is 9.59 Å². The summed E-state index contributed by atoms with van der Waals surface area (Å²) in [6.45, 7) is 5.01. The number of ether oxygens (including phenoxy) is 1. The fraction of sp³-hybridized carbons (Fsp3) is 0.440. The molecule has 0 aliphatic heterocycles. The van der Waals surface area contributed by atoms with E-state index in [0.717, 1.165) is 51.0 Å². The van der Waals surface area contributed by atoms with Gasteiger partial charge in [-0.15, -0.1) is 0 Å². The Hall–Kier alpha value is -2.70. The van der Waals surface area contributed by atoms with Crippen LogP contribution < -0.4 is 16.2 Å². The molecule has 3 N–H and O–H groups in total. The lowest BCUT2D eigenvalue weighted by Crippen LogP contribution is -2.37. The van der Waals surface area contributed by atoms with Gasteiger partial charge in [-0.3, -0.25) is 15.0 Å². The van der Waals surface area contributed by atoms with Crippen LogP contribution in [0, 0.1) is 0 Å². The lowest BCUT2D eigenvalue weighted by Gasteiger charge is -2.09. The molecule has 0 saturated carbocycles. The van der Waals surface area contributed by atoms with Gasteiger partial charge in [-0.2, -0.15) is 0 Å². The minimum absolute atomic E-state index is 0.114. The number of unbranched alkanes of at least 4 members (excludes halogenated alkanes) is 4. The third-order valence-electron chi connectivity index (χ3n) is 4.85. The monoisotopic (exact) mass is 425 g/mol. The zero-order chi connectivity index (χ0) is 22.2. The SMILES string of the molecule is CCCOCCCCCCCNNC(=O)c1ccc(CNC(=O)c2ccccc2)cc1. The predicted molar refractivity (Wildman–Crippen MR) is 124 cm³/mol. The Morgan fingerprint density at radius 3 is 2.19 bits per heavy atom. The second kappa shape index (κ2) is 15.2. The van der Waals surface area contributed by atoms with Crippen LogP contribution in [-0.2, 0) is 11.3 Å². The van der Waals surface area contributed by atoms with Gasteiger partial charge in [0.15, 0.2) is 0 Å². The number of nitrogens with one attached hydrogen (secondary N) is 3. The molecular formula is C25H35N3O3. The van der Waals surface area contributed by atoms with Gasteiger partial charge in [0, 0.05) is 37.4 Å². The number of hydrogen-bond donors (Lipinski definition) is 3. The Bertz CT molecular complexity index is 763. The molecule has 0 radical (unpaired) electrons. The molecule has 0 atom stereocenters. The van der Waals surface area contributed by atoms with Gasteiger partial charge in [0.25, 0.3) is 11.8 Å². The van der Waals surface area contributed by atoms with Crippen molar-refractivity contribution in [2.75, 3.05) is 19.8 Å². The predicted octanol–water partition coefficient (Wildman–Crippen LogP) is 4.23. The van der Waals surface area contributed by atoms with E-state index in [1.165, 1.54) is 12.8 Å². The molecule has 0 aliphatic carbocycles. The van der Waals surface area contributed by atoms with Gasteiger partial charge in [0.05, 0.1) is 0 Å². The summed E-state index contributed by atoms with van der Waals surface area (Å²) in [5.74, 6) is -0.274. The highest BCUT2D eigenvalue weighted by molar-refractivity contribution is 5.94. The summed E-state index contributed by atoms with van der Waals surface area (Å²) in [6.07, 6.45) is 6.74. The summed E-state index contributed by atoms with van der Waals surface area (Å²) in [4.78, 5) is 24.3. The van der Waals surface area contributed by atoms with Crippen LogP contribution in [0.15, 0.2) is 54.6 Å². The smallest absolute Gasteiger partial charge is 0.265 e. The molecule has 0 aromatic heterocycles. The molecule has 0 unspecified atom stereocenters. The van der Waals surface area contributed by atoms with Crippen LogP contribution in [0.4, 0.5) is 0 Å². The molecule has 2 aromatic rings. The molecule has 31 heavy (non-hydrogen) atoms. The molecule has 0 saturated heterocycles. The van der Waals surface area contributed by atoms with Crippen molar-refractivity contribution in [3.63, 3.8) is 0 Å². The number of hydrazine groups is 1. The van der Waals surface area contributed by atoms with Crippen LogP contribution in [-0.4, -0.2) is 31.6 Å². The van der Waals surface area contributed by atoms with Gasteiger partial charge >= 0.3 is 0 Å². The number of carbonyl (C=O) groups is 2. The van der Waals surface area contributed by atoms with E-state index in [0.29, 0.717) is 17.7 Å². The molecule has 2 aromatic carbocycles. The maximum absolute atomic E-state index is 12.2. The molecule has 0 heterocycles. The van der Waals surface area contributed by atoms with Crippen molar-refractivity contribution in [3.05, 3.63) is 71.3 Å². The van der Waals surface area contributed by atoms with Gasteiger partial charge < -0.3 is 10.1 Å². The van der Waals surface area contributed by atoms with Crippen molar-refractivity contribution in [2.24, 2.45) is 0 Å². The van der Waals surface area contributed by atoms with Gasteiger partial charge in [-0.25, -0.2) is 5.43 Å². The van der Waals surface area contributed by atoms with Crippen LogP contribution in [0.2, 0.25) is 0 Å². The van der Waals surface area contributed by atoms with Crippen LogP contribution in [0.25, 0.3) is 0 Å². The average Bonchev–Trinajstić information content (AvgIpc) is 2.81. The van der Waals surface area contributed by atoms with E-state index in [4.69, 9.17) is 4.74 Å². The molecule has 168 valence electrons. The van der Waals surface area contributed by atoms with Gasteiger partial charge in [0.1, 0.15) is 0 Å². The van der Waals surface area contributed by atoms with Crippen LogP contribution >= 0.6 is 0 Å². The summed E-state index contributed by atoms with van der Waals surface area (Å²) in [7, 11) is 0. The minimum Gasteiger partial charge on any atom is -0.381 e. The van der Waals surface area contributed by atoms with Crippen LogP contribution in [0.1, 0.15) is 71.7 Å². The minimum atomic E-state index is -0.159.